The number of nitrogens with one attached hydrogen (secondary N) is 2. The van der Waals surface area contributed by atoms with E-state index in [1.54, 1.807) is 19.2 Å². The van der Waals surface area contributed by atoms with Gasteiger partial charge in [-0.05, 0) is 44.1 Å². The summed E-state index contributed by atoms with van der Waals surface area (Å²) in [5.41, 5.74) is 1.13. The lowest BCUT2D eigenvalue weighted by molar-refractivity contribution is 0.0511. The lowest BCUT2D eigenvalue weighted by Crippen LogP contribution is -2.47. The van der Waals surface area contributed by atoms with E-state index in [0.717, 1.165) is 36.8 Å². The quantitative estimate of drug-likeness (QED) is 0.872. The molecule has 1 aromatic heterocycles. The van der Waals surface area contributed by atoms with Crippen LogP contribution in [0, 0.1) is 5.41 Å². The Labute approximate surface area is 146 Å². The number of pyridine rings is 1. The van der Waals surface area contributed by atoms with Crippen molar-refractivity contribution in [3.8, 4) is 0 Å². The van der Waals surface area contributed by atoms with Gasteiger partial charge in [0, 0.05) is 29.5 Å². The summed E-state index contributed by atoms with van der Waals surface area (Å²) in [5, 5.41) is 7.96. The van der Waals surface area contributed by atoms with Crippen LogP contribution >= 0.6 is 11.6 Å². The Hall–Kier alpha value is -1.69. The van der Waals surface area contributed by atoms with Crippen LogP contribution in [0.5, 0.6) is 0 Å². The van der Waals surface area contributed by atoms with Crippen molar-refractivity contribution in [1.29, 1.82) is 0 Å². The minimum Gasteiger partial charge on any atom is -0.384 e. The molecular formula is C18H22ClN3O2. The number of piperidine rings is 1. The summed E-state index contributed by atoms with van der Waals surface area (Å²) in [5.74, 6) is -0.161. The van der Waals surface area contributed by atoms with Gasteiger partial charge in [-0.1, -0.05) is 23.7 Å². The predicted molar refractivity (Wildman–Crippen MR) is 95.5 cm³/mol. The van der Waals surface area contributed by atoms with Gasteiger partial charge in [-0.25, -0.2) is 4.98 Å². The van der Waals surface area contributed by atoms with E-state index in [1.165, 1.54) is 0 Å². The predicted octanol–water partition coefficient (Wildman–Crippen LogP) is 2.63. The molecule has 1 saturated heterocycles. The Kier molecular flexibility index (Phi) is 5.33. The van der Waals surface area contributed by atoms with E-state index in [4.69, 9.17) is 16.3 Å². The zero-order valence-corrected chi connectivity index (χ0v) is 14.5. The van der Waals surface area contributed by atoms with E-state index in [9.17, 15) is 4.79 Å². The fraction of sp³-hybridized carbons (Fsp3) is 0.444. The van der Waals surface area contributed by atoms with Gasteiger partial charge in [-0.2, -0.15) is 0 Å². The molecule has 2 N–H and O–H groups in total. The molecule has 1 aliphatic heterocycles. The summed E-state index contributed by atoms with van der Waals surface area (Å²) >= 11 is 6.01. The lowest BCUT2D eigenvalue weighted by Gasteiger charge is -2.37. The second kappa shape index (κ2) is 7.47. The van der Waals surface area contributed by atoms with Gasteiger partial charge in [-0.15, -0.1) is 0 Å². The average molecular weight is 348 g/mol. The highest BCUT2D eigenvalue weighted by molar-refractivity contribution is 6.31. The second-order valence-electron chi connectivity index (χ2n) is 6.40. The topological polar surface area (TPSA) is 63.2 Å². The average Bonchev–Trinajstić information content (AvgIpc) is 2.60. The van der Waals surface area contributed by atoms with Gasteiger partial charge >= 0.3 is 0 Å². The highest BCUT2D eigenvalue weighted by Gasteiger charge is 2.32. The van der Waals surface area contributed by atoms with Gasteiger partial charge in [0.15, 0.2) is 0 Å². The summed E-state index contributed by atoms with van der Waals surface area (Å²) in [6, 6.07) is 9.12. The number of carbonyl (C=O) groups excluding carboxylic acids is 1. The maximum absolute atomic E-state index is 12.5. The Morgan fingerprint density at radius 2 is 2.08 bits per heavy atom. The van der Waals surface area contributed by atoms with Gasteiger partial charge in [0.05, 0.1) is 12.1 Å². The number of methoxy groups -OCH3 is 1. The monoisotopic (exact) mass is 347 g/mol. The van der Waals surface area contributed by atoms with Crippen LogP contribution in [-0.2, 0) is 4.74 Å². The molecule has 1 amide bonds. The molecule has 1 aromatic carbocycles. The first kappa shape index (κ1) is 17.1. The number of rotatable bonds is 5. The molecule has 0 radical (unpaired) electrons. The van der Waals surface area contributed by atoms with Crippen LogP contribution in [0.4, 0.5) is 0 Å². The normalized spacial score (nSPS) is 16.9. The molecule has 24 heavy (non-hydrogen) atoms. The molecule has 0 spiro atoms. The first-order valence-electron chi connectivity index (χ1n) is 8.16. The SMILES string of the molecule is COCC1(CNC(=O)c2ccc3ccc(Cl)cc3n2)CCNCC1. The summed E-state index contributed by atoms with van der Waals surface area (Å²) < 4.78 is 5.38. The largest absolute Gasteiger partial charge is 0.384 e. The maximum Gasteiger partial charge on any atom is 0.269 e. The van der Waals surface area contributed by atoms with E-state index >= 15 is 0 Å². The Morgan fingerprint density at radius 3 is 2.83 bits per heavy atom. The van der Waals surface area contributed by atoms with Crippen molar-refractivity contribution in [3.05, 3.63) is 41.0 Å². The van der Waals surface area contributed by atoms with Crippen LogP contribution in [0.25, 0.3) is 10.9 Å². The molecule has 3 rings (SSSR count). The Morgan fingerprint density at radius 1 is 1.33 bits per heavy atom. The smallest absolute Gasteiger partial charge is 0.269 e. The minimum absolute atomic E-state index is 0.00415. The molecule has 2 heterocycles. The fourth-order valence-corrected chi connectivity index (χ4v) is 3.38. The molecule has 1 fully saturated rings. The van der Waals surface area contributed by atoms with Crippen LogP contribution in [-0.4, -0.2) is 44.2 Å². The van der Waals surface area contributed by atoms with E-state index in [1.807, 2.05) is 18.2 Å². The molecule has 2 aromatic rings. The Balaban J connectivity index is 1.72. The molecule has 0 saturated carbocycles. The number of aromatic nitrogens is 1. The summed E-state index contributed by atoms with van der Waals surface area (Å²) in [7, 11) is 1.71. The summed E-state index contributed by atoms with van der Waals surface area (Å²) in [6.45, 7) is 3.14. The van der Waals surface area contributed by atoms with Crippen molar-refractivity contribution >= 4 is 28.4 Å². The summed E-state index contributed by atoms with van der Waals surface area (Å²) in [6.07, 6.45) is 1.98. The van der Waals surface area contributed by atoms with Crippen molar-refractivity contribution in [3.63, 3.8) is 0 Å². The number of nitrogens with zero attached hydrogens (tertiary/aromatic N) is 1. The van der Waals surface area contributed by atoms with E-state index < -0.39 is 0 Å². The number of benzene rings is 1. The van der Waals surface area contributed by atoms with Crippen molar-refractivity contribution in [2.24, 2.45) is 5.41 Å². The first-order chi connectivity index (χ1) is 11.6. The van der Waals surface area contributed by atoms with Crippen LogP contribution in [0.2, 0.25) is 5.02 Å². The Bertz CT molecular complexity index is 724. The van der Waals surface area contributed by atoms with Crippen molar-refractivity contribution in [1.82, 2.24) is 15.6 Å². The second-order valence-corrected chi connectivity index (χ2v) is 6.84. The van der Waals surface area contributed by atoms with Crippen molar-refractivity contribution in [2.45, 2.75) is 12.8 Å². The van der Waals surface area contributed by atoms with Gasteiger partial charge in [-0.3, -0.25) is 4.79 Å². The van der Waals surface area contributed by atoms with Crippen molar-refractivity contribution in [2.75, 3.05) is 33.4 Å². The van der Waals surface area contributed by atoms with Crippen LogP contribution < -0.4 is 10.6 Å². The highest BCUT2D eigenvalue weighted by atomic mass is 35.5. The van der Waals surface area contributed by atoms with Crippen LogP contribution in [0.15, 0.2) is 30.3 Å². The zero-order chi connectivity index (χ0) is 17.0. The molecule has 1 aliphatic rings. The molecule has 0 bridgehead atoms. The third-order valence-electron chi connectivity index (χ3n) is 4.63. The third-order valence-corrected chi connectivity index (χ3v) is 4.86. The molecule has 0 aliphatic carbocycles. The number of ether oxygens (including phenoxy) is 1. The lowest BCUT2D eigenvalue weighted by atomic mass is 9.79. The van der Waals surface area contributed by atoms with Gasteiger partial charge in [0.1, 0.15) is 5.69 Å². The maximum atomic E-state index is 12.5. The minimum atomic E-state index is -0.161. The number of halogens is 1. The first-order valence-corrected chi connectivity index (χ1v) is 8.54. The zero-order valence-electron chi connectivity index (χ0n) is 13.8. The fourth-order valence-electron chi connectivity index (χ4n) is 3.21. The van der Waals surface area contributed by atoms with Crippen molar-refractivity contribution < 1.29 is 9.53 Å². The number of hydrogen-bond acceptors (Lipinski definition) is 4. The molecule has 0 unspecified atom stereocenters. The van der Waals surface area contributed by atoms with E-state index in [2.05, 4.69) is 15.6 Å². The number of hydrogen-bond donors (Lipinski definition) is 2. The van der Waals surface area contributed by atoms with Crippen LogP contribution in [0.3, 0.4) is 0 Å². The van der Waals surface area contributed by atoms with E-state index in [-0.39, 0.29) is 11.3 Å². The number of fused-ring (bicyclic) bond motifs is 1. The van der Waals surface area contributed by atoms with Gasteiger partial charge in [0.25, 0.3) is 5.91 Å². The highest BCUT2D eigenvalue weighted by Crippen LogP contribution is 2.28. The standard InChI is InChI=1S/C18H22ClN3O2/c1-24-12-18(6-8-20-9-7-18)11-21-17(23)15-5-3-13-2-4-14(19)10-16(13)22-15/h2-5,10,20H,6-9,11-12H2,1H3,(H,21,23). The number of carbonyl (C=O) groups is 1. The molecule has 128 valence electrons. The van der Waals surface area contributed by atoms with Crippen LogP contribution in [0.1, 0.15) is 23.3 Å². The molecular weight excluding hydrogens is 326 g/mol. The van der Waals surface area contributed by atoms with Gasteiger partial charge in [0.2, 0.25) is 0 Å². The summed E-state index contributed by atoms with van der Waals surface area (Å²) in [4.78, 5) is 16.9. The molecule has 0 atom stereocenters. The van der Waals surface area contributed by atoms with E-state index in [0.29, 0.717) is 23.9 Å². The van der Waals surface area contributed by atoms with Gasteiger partial charge < -0.3 is 15.4 Å². The number of amides is 1. The third kappa shape index (κ3) is 3.86. The molecule has 5 nitrogen and oxygen atoms in total. The molecule has 6 heteroatoms.